The van der Waals surface area contributed by atoms with Gasteiger partial charge in [-0.15, -0.1) is 0 Å². The number of benzene rings is 9. The fourth-order valence-corrected chi connectivity index (χ4v) is 11.6. The van der Waals surface area contributed by atoms with Gasteiger partial charge in [-0.05, 0) is 161 Å². The molecule has 10 aromatic rings. The lowest BCUT2D eigenvalue weighted by molar-refractivity contribution is 0.568. The van der Waals surface area contributed by atoms with Crippen LogP contribution in [0.15, 0.2) is 212 Å². The van der Waals surface area contributed by atoms with Gasteiger partial charge in [0.25, 0.3) is 6.71 Å². The summed E-state index contributed by atoms with van der Waals surface area (Å²) in [6.45, 7) is 27.7. The molecule has 0 saturated carbocycles. The molecule has 1 aromatic heterocycles. The van der Waals surface area contributed by atoms with Gasteiger partial charge in [0.15, 0.2) is 5.82 Å². The van der Waals surface area contributed by atoms with E-state index < -0.39 is 0 Å². The second kappa shape index (κ2) is 19.3. The third kappa shape index (κ3) is 9.68. The molecular weight excluding hydrogens is 956 g/mol. The highest BCUT2D eigenvalue weighted by molar-refractivity contribution is 7.00. The first kappa shape index (κ1) is 51.5. The number of nitrogens with zero attached hydrogens (tertiary/aromatic N) is 4. The van der Waals surface area contributed by atoms with Gasteiger partial charge in [0.2, 0.25) is 0 Å². The van der Waals surface area contributed by atoms with Crippen LogP contribution in [0.1, 0.15) is 105 Å². The molecule has 0 aliphatic carbocycles. The summed E-state index contributed by atoms with van der Waals surface area (Å²) in [6, 6.07) is 78.9. The van der Waals surface area contributed by atoms with Crippen molar-refractivity contribution in [3.63, 3.8) is 0 Å². The third-order valence-corrected chi connectivity index (χ3v) is 16.3. The topological polar surface area (TPSA) is 32.3 Å². The van der Waals surface area contributed by atoms with E-state index >= 15 is 0 Å². The van der Waals surface area contributed by atoms with E-state index in [1.54, 1.807) is 0 Å². The minimum atomic E-state index is -0.102. The van der Waals surface area contributed by atoms with E-state index in [1.165, 1.54) is 60.9 Å². The molecule has 9 aromatic carbocycles. The van der Waals surface area contributed by atoms with E-state index in [9.17, 15) is 0 Å². The predicted octanol–water partition coefficient (Wildman–Crippen LogP) is 18.1. The van der Waals surface area contributed by atoms with Gasteiger partial charge in [0, 0.05) is 50.8 Å². The molecule has 0 bridgehead atoms. The summed E-state index contributed by atoms with van der Waals surface area (Å²) >= 11 is 0. The molecule has 0 unspecified atom stereocenters. The summed E-state index contributed by atoms with van der Waals surface area (Å²) in [5.74, 6) is 0.712. The van der Waals surface area contributed by atoms with Crippen molar-refractivity contribution in [3.05, 3.63) is 235 Å². The highest BCUT2D eigenvalue weighted by Crippen LogP contribution is 2.47. The summed E-state index contributed by atoms with van der Waals surface area (Å²) in [5.41, 5.74) is 24.9. The van der Waals surface area contributed by atoms with Gasteiger partial charge in [-0.1, -0.05) is 217 Å². The number of para-hydroxylation sites is 2. The van der Waals surface area contributed by atoms with Crippen LogP contribution < -0.4 is 26.2 Å². The maximum Gasteiger partial charge on any atom is 0.252 e. The smallest absolute Gasteiger partial charge is 0.252 e. The van der Waals surface area contributed by atoms with E-state index in [2.05, 4.69) is 305 Å². The highest BCUT2D eigenvalue weighted by Gasteiger charge is 2.43. The van der Waals surface area contributed by atoms with Crippen LogP contribution in [0, 0.1) is 0 Å². The van der Waals surface area contributed by atoms with E-state index in [4.69, 9.17) is 9.97 Å². The van der Waals surface area contributed by atoms with Crippen molar-refractivity contribution in [2.75, 3.05) is 9.80 Å². The zero-order valence-electron chi connectivity index (χ0n) is 48.1. The zero-order valence-corrected chi connectivity index (χ0v) is 48.1. The van der Waals surface area contributed by atoms with E-state index in [0.717, 1.165) is 62.2 Å². The van der Waals surface area contributed by atoms with Crippen LogP contribution in [0.3, 0.4) is 0 Å². The normalized spacial score (nSPS) is 13.2. The Kier molecular flexibility index (Phi) is 12.6. The van der Waals surface area contributed by atoms with Crippen molar-refractivity contribution in [2.24, 2.45) is 0 Å². The van der Waals surface area contributed by atoms with Crippen LogP contribution in [0.4, 0.5) is 34.1 Å². The van der Waals surface area contributed by atoms with E-state index in [1.807, 2.05) is 0 Å². The first-order valence-electron chi connectivity index (χ1n) is 28.2. The number of hydrogen-bond donors (Lipinski definition) is 0. The van der Waals surface area contributed by atoms with Gasteiger partial charge < -0.3 is 9.80 Å². The van der Waals surface area contributed by atoms with Crippen LogP contribution in [0.25, 0.3) is 56.2 Å². The minimum Gasteiger partial charge on any atom is -0.311 e. The van der Waals surface area contributed by atoms with Gasteiger partial charge in [-0.3, -0.25) is 0 Å². The Morgan fingerprint density at radius 2 is 0.620 bits per heavy atom. The number of hydrogen-bond acceptors (Lipinski definition) is 4. The van der Waals surface area contributed by atoms with Crippen molar-refractivity contribution in [3.8, 4) is 56.2 Å². The van der Waals surface area contributed by atoms with Crippen molar-refractivity contribution >= 4 is 57.2 Å². The molecule has 390 valence electrons. The van der Waals surface area contributed by atoms with Crippen LogP contribution in [0.2, 0.25) is 0 Å². The van der Waals surface area contributed by atoms with Crippen molar-refractivity contribution in [1.29, 1.82) is 0 Å². The Balaban J connectivity index is 1.16. The lowest BCUT2D eigenvalue weighted by atomic mass is 9.33. The van der Waals surface area contributed by atoms with Crippen LogP contribution in [0.5, 0.6) is 0 Å². The number of aromatic nitrogens is 2. The summed E-state index contributed by atoms with van der Waals surface area (Å²) in [7, 11) is 0. The summed E-state index contributed by atoms with van der Waals surface area (Å²) < 4.78 is 0. The Bertz CT molecular complexity index is 3610. The molecular formula is C74H71BN4. The van der Waals surface area contributed by atoms with Crippen LogP contribution >= 0.6 is 0 Å². The molecule has 12 rings (SSSR count). The van der Waals surface area contributed by atoms with Gasteiger partial charge in [0.05, 0.1) is 11.4 Å². The Morgan fingerprint density at radius 3 is 1.00 bits per heavy atom. The molecule has 3 heterocycles. The molecule has 2 aliphatic rings. The number of fused-ring (bicyclic) bond motifs is 4. The highest BCUT2D eigenvalue weighted by atomic mass is 15.2. The lowest BCUT2D eigenvalue weighted by Crippen LogP contribution is -2.61. The Labute approximate surface area is 470 Å². The molecule has 0 N–H and O–H groups in total. The zero-order chi connectivity index (χ0) is 55.2. The quantitative estimate of drug-likeness (QED) is 0.149. The number of anilines is 6. The Hall–Kier alpha value is -8.28. The van der Waals surface area contributed by atoms with Crippen LogP contribution in [-0.2, 0) is 21.7 Å². The summed E-state index contributed by atoms with van der Waals surface area (Å²) in [6.07, 6.45) is 0. The molecule has 0 amide bonds. The first-order valence-corrected chi connectivity index (χ1v) is 28.2. The maximum absolute atomic E-state index is 5.78. The van der Waals surface area contributed by atoms with Gasteiger partial charge in [-0.25, -0.2) is 9.97 Å². The van der Waals surface area contributed by atoms with Crippen molar-refractivity contribution in [1.82, 2.24) is 9.97 Å². The van der Waals surface area contributed by atoms with Gasteiger partial charge in [-0.2, -0.15) is 0 Å². The fourth-order valence-electron chi connectivity index (χ4n) is 11.6. The summed E-state index contributed by atoms with van der Waals surface area (Å²) in [5, 5.41) is 0. The lowest BCUT2D eigenvalue weighted by Gasteiger charge is -2.44. The standard InChI is InChI=1S/C74H71BN4/c1-71(2,3)55-39-52(40-56(45-55)72(4,5)6)63-47-64(77-70(76-63)54-41-57(73(7,8)9)46-58(42-54)74(10,11)12)53-43-67-69-68(44-53)79(60-37-33-51(34-38-60)49-25-17-14-18-26-49)66-30-22-20-28-62(66)75(69)61-27-19-21-29-65(61)78(67)59-35-31-50(32-36-59)48-23-15-13-16-24-48/h13-47H,1-12H3. The molecule has 0 saturated heterocycles. The van der Waals surface area contributed by atoms with Gasteiger partial charge in [0.1, 0.15) is 0 Å². The predicted molar refractivity (Wildman–Crippen MR) is 338 cm³/mol. The molecule has 0 fully saturated rings. The third-order valence-electron chi connectivity index (χ3n) is 16.3. The van der Waals surface area contributed by atoms with E-state index in [0.29, 0.717) is 5.82 Å². The minimum absolute atomic E-state index is 0.0328. The monoisotopic (exact) mass is 1030 g/mol. The second-order valence-corrected chi connectivity index (χ2v) is 26.0. The Morgan fingerprint density at radius 1 is 0.291 bits per heavy atom. The first-order chi connectivity index (χ1) is 37.7. The van der Waals surface area contributed by atoms with Crippen molar-refractivity contribution in [2.45, 2.75) is 105 Å². The fraction of sp³-hybridized carbons (Fsp3) is 0.216. The molecule has 0 radical (unpaired) electrons. The van der Waals surface area contributed by atoms with E-state index in [-0.39, 0.29) is 28.4 Å². The molecule has 79 heavy (non-hydrogen) atoms. The van der Waals surface area contributed by atoms with Crippen molar-refractivity contribution < 1.29 is 0 Å². The molecule has 2 aliphatic heterocycles. The second-order valence-electron chi connectivity index (χ2n) is 26.0. The van der Waals surface area contributed by atoms with Crippen LogP contribution in [-0.4, -0.2) is 16.7 Å². The SMILES string of the molecule is CC(C)(C)c1cc(-c2cc(-c3cc4c5c(c3)N(c3ccc(-c6ccccc6)cc3)c3ccccc3B5c3ccccc3N4c3ccc(-c4ccccc4)cc3)nc(-c3cc(C(C)(C)C)cc(C(C)(C)C)c3)n2)cc(C(C)(C)C)c1. The molecule has 0 spiro atoms. The summed E-state index contributed by atoms with van der Waals surface area (Å²) in [4.78, 5) is 16.4. The maximum atomic E-state index is 5.78. The largest absolute Gasteiger partial charge is 0.311 e. The molecule has 0 atom stereocenters. The average molecular weight is 1030 g/mol. The average Bonchev–Trinajstić information content (AvgIpc) is 3.30. The molecule has 5 heteroatoms. The molecule has 4 nitrogen and oxygen atoms in total. The van der Waals surface area contributed by atoms with Gasteiger partial charge >= 0.3 is 0 Å². The number of rotatable bonds is 7.